The van der Waals surface area contributed by atoms with E-state index in [9.17, 15) is 0 Å². The summed E-state index contributed by atoms with van der Waals surface area (Å²) in [5.74, 6) is 0. The van der Waals surface area contributed by atoms with Gasteiger partial charge in [0.1, 0.15) is 0 Å². The van der Waals surface area contributed by atoms with Gasteiger partial charge in [-0.05, 0) is 85.9 Å². The highest BCUT2D eigenvalue weighted by atomic mass is 127. The smallest absolute Gasteiger partial charge is 0.0972 e. The molecule has 0 atom stereocenters. The first-order valence-corrected chi connectivity index (χ1v) is 20.8. The van der Waals surface area contributed by atoms with Crippen molar-refractivity contribution >= 4 is 74.6 Å². The van der Waals surface area contributed by atoms with E-state index in [1.54, 1.807) is 0 Å². The summed E-state index contributed by atoms with van der Waals surface area (Å²) < 4.78 is 0. The van der Waals surface area contributed by atoms with Gasteiger partial charge in [0.15, 0.2) is 0 Å². The third kappa shape index (κ3) is 7.54. The first kappa shape index (κ1) is 36.6. The molecule has 0 amide bonds. The quantitative estimate of drug-likeness (QED) is 0.109. The Morgan fingerprint density at radius 1 is 0.346 bits per heavy atom. The number of thiol groups is 1. The predicted octanol–water partition coefficient (Wildman–Crippen LogP) is 13.9. The van der Waals surface area contributed by atoms with E-state index in [0.717, 1.165) is 88.4 Å². The van der Waals surface area contributed by atoms with Crippen LogP contribution in [0.5, 0.6) is 0 Å². The van der Waals surface area contributed by atoms with Crippen LogP contribution in [0, 0.1) is 0 Å². The molecule has 4 aromatic heterocycles. The van der Waals surface area contributed by atoms with Crippen molar-refractivity contribution in [3.05, 3.63) is 158 Å². The van der Waals surface area contributed by atoms with E-state index in [1.807, 2.05) is 73.4 Å². The summed E-state index contributed by atoms with van der Waals surface area (Å²) in [4.78, 5) is 19.4. The van der Waals surface area contributed by atoms with Gasteiger partial charge in [-0.3, -0.25) is 9.97 Å². The van der Waals surface area contributed by atoms with Crippen LogP contribution >= 0.6 is 31.0 Å². The van der Waals surface area contributed by atoms with E-state index >= 15 is 0 Å². The van der Waals surface area contributed by atoms with Gasteiger partial charge in [0.05, 0.1) is 33.5 Å². The van der Waals surface area contributed by atoms with Crippen LogP contribution in [0.15, 0.2) is 158 Å². The second-order valence-corrected chi connectivity index (χ2v) is 11.6. The summed E-state index contributed by atoms with van der Waals surface area (Å²) in [5.41, 5.74) is 12.3. The summed E-state index contributed by atoms with van der Waals surface area (Å²) in [6.45, 7) is 8.00. The van der Waals surface area contributed by atoms with E-state index < -0.39 is 0 Å². The maximum absolute atomic E-state index is 5.08. The molecule has 4 heterocycles. The average Bonchev–Trinajstić information content (AvgIpc) is 3.25. The van der Waals surface area contributed by atoms with Crippen molar-refractivity contribution in [3.63, 3.8) is 0 Å². The molecule has 256 valence electrons. The lowest BCUT2D eigenvalue weighted by Gasteiger charge is -2.10. The first-order valence-electron chi connectivity index (χ1n) is 17.5. The molecule has 6 heteroatoms. The van der Waals surface area contributed by atoms with Crippen molar-refractivity contribution in [3.8, 4) is 44.8 Å². The van der Waals surface area contributed by atoms with Crippen molar-refractivity contribution in [2.45, 2.75) is 27.7 Å². The van der Waals surface area contributed by atoms with Gasteiger partial charge in [0.2, 0.25) is 0 Å². The van der Waals surface area contributed by atoms with E-state index in [4.69, 9.17) is 9.97 Å². The summed E-state index contributed by atoms with van der Waals surface area (Å²) in [5, 5.41) is 4.36. The number of hydrogen-bond acceptors (Lipinski definition) is 5. The second kappa shape index (κ2) is 17.4. The van der Waals surface area contributed by atoms with Crippen LogP contribution in [0.1, 0.15) is 27.7 Å². The Labute approximate surface area is 323 Å². The molecular formula is C46H39IN4S. The summed E-state index contributed by atoms with van der Waals surface area (Å²) >= 11 is 1.84. The number of benzene rings is 5. The van der Waals surface area contributed by atoms with E-state index in [0.29, 0.717) is 0 Å². The summed E-state index contributed by atoms with van der Waals surface area (Å²) in [6.07, 6.45) is 3.66. The number of fused-ring (bicyclic) bond motifs is 6. The van der Waals surface area contributed by atoms with E-state index in [1.165, 1.54) is 0 Å². The Hall–Kier alpha value is -5.18. The Morgan fingerprint density at radius 3 is 1.04 bits per heavy atom. The molecule has 0 radical (unpaired) electrons. The van der Waals surface area contributed by atoms with Gasteiger partial charge in [0.25, 0.3) is 0 Å². The molecule has 52 heavy (non-hydrogen) atoms. The van der Waals surface area contributed by atoms with Gasteiger partial charge < -0.3 is 0 Å². The lowest BCUT2D eigenvalue weighted by molar-refractivity contribution is 1.37. The van der Waals surface area contributed by atoms with Crippen molar-refractivity contribution < 1.29 is 0 Å². The molecule has 4 nitrogen and oxygen atoms in total. The summed E-state index contributed by atoms with van der Waals surface area (Å²) in [6, 6.07) is 50.9. The van der Waals surface area contributed by atoms with Crippen molar-refractivity contribution in [2.75, 3.05) is 0 Å². The average molecular weight is 807 g/mol. The number of hydrogen-bond donors (Lipinski definition) is 1. The fourth-order valence-corrected chi connectivity index (χ4v) is 6.36. The molecule has 9 rings (SSSR count). The first-order chi connectivity index (χ1) is 25.8. The minimum atomic E-state index is 0.924. The standard InChI is InChI=1S/C42H26N4.2C2H6.HIS/c1-6-31(33-8-2-10-35(25-33)37-20-18-29-16-14-27-12-4-22-43-39(27)41(29)45-37)24-32(7-1)34-9-3-11-36(26-34)38-21-19-30-17-15-28-13-5-23-44-40(28)42(30)46-38;3*1-2/h1-26H;2*1-2H3;2H. The largest absolute Gasteiger partial charge is 0.254 e. The Bertz CT molecular complexity index is 2440. The van der Waals surface area contributed by atoms with Crippen molar-refractivity contribution in [1.82, 2.24) is 19.9 Å². The maximum atomic E-state index is 5.08. The van der Waals surface area contributed by atoms with Crippen molar-refractivity contribution in [2.24, 2.45) is 0 Å². The lowest BCUT2D eigenvalue weighted by atomic mass is 9.96. The van der Waals surface area contributed by atoms with Crippen LogP contribution < -0.4 is 0 Å². The highest BCUT2D eigenvalue weighted by Gasteiger charge is 2.10. The molecule has 0 saturated heterocycles. The zero-order chi connectivity index (χ0) is 36.5. The Kier molecular flexibility index (Phi) is 12.2. The van der Waals surface area contributed by atoms with Crippen LogP contribution in [0.2, 0.25) is 0 Å². The van der Waals surface area contributed by atoms with Gasteiger partial charge in [-0.1, -0.05) is 131 Å². The zero-order valence-corrected chi connectivity index (χ0v) is 32.7. The molecule has 9 aromatic rings. The van der Waals surface area contributed by atoms with Gasteiger partial charge >= 0.3 is 0 Å². The Morgan fingerprint density at radius 2 is 0.654 bits per heavy atom. The molecule has 0 aliphatic heterocycles. The minimum absolute atomic E-state index is 0.924. The number of pyridine rings is 4. The molecule has 0 saturated carbocycles. The lowest BCUT2D eigenvalue weighted by Crippen LogP contribution is -1.90. The molecule has 0 aliphatic carbocycles. The number of rotatable bonds is 4. The molecule has 0 fully saturated rings. The molecule has 0 spiro atoms. The minimum Gasteiger partial charge on any atom is -0.254 e. The van der Waals surface area contributed by atoms with Crippen molar-refractivity contribution in [1.29, 1.82) is 0 Å². The molecule has 0 N–H and O–H groups in total. The third-order valence-corrected chi connectivity index (χ3v) is 8.71. The number of halogens is 1. The fourth-order valence-electron chi connectivity index (χ4n) is 6.36. The number of nitrogens with zero attached hydrogens (tertiary/aromatic N) is 4. The van der Waals surface area contributed by atoms with Gasteiger partial charge in [-0.25, -0.2) is 9.97 Å². The monoisotopic (exact) mass is 806 g/mol. The highest BCUT2D eigenvalue weighted by Crippen LogP contribution is 2.33. The second-order valence-electron chi connectivity index (χ2n) is 11.6. The number of aromatic nitrogens is 4. The molecular weight excluding hydrogens is 768 g/mol. The topological polar surface area (TPSA) is 51.6 Å². The zero-order valence-electron chi connectivity index (χ0n) is 29.6. The van der Waals surface area contributed by atoms with Crippen LogP contribution in [-0.2, 0) is 0 Å². The third-order valence-electron chi connectivity index (χ3n) is 8.71. The maximum Gasteiger partial charge on any atom is 0.0972 e. The normalized spacial score (nSPS) is 10.5. The molecule has 5 aromatic carbocycles. The van der Waals surface area contributed by atoms with E-state index in [2.05, 4.69) is 153 Å². The summed E-state index contributed by atoms with van der Waals surface area (Å²) in [7, 11) is 3.50. The highest BCUT2D eigenvalue weighted by molar-refractivity contribution is 14.2. The van der Waals surface area contributed by atoms with Crippen LogP contribution in [0.4, 0.5) is 0 Å². The predicted molar refractivity (Wildman–Crippen MR) is 235 cm³/mol. The fraction of sp³-hybridized carbons (Fsp3) is 0.0870. The van der Waals surface area contributed by atoms with Gasteiger partial charge in [0, 0.05) is 45.1 Å². The molecule has 0 bridgehead atoms. The van der Waals surface area contributed by atoms with Crippen LogP contribution in [0.25, 0.3) is 88.4 Å². The van der Waals surface area contributed by atoms with Gasteiger partial charge in [-0.2, -0.15) is 0 Å². The van der Waals surface area contributed by atoms with Crippen LogP contribution in [0.3, 0.4) is 0 Å². The Balaban J connectivity index is 0.000000738. The molecule has 0 unspecified atom stereocenters. The van der Waals surface area contributed by atoms with Gasteiger partial charge in [-0.15, -0.1) is 9.80 Å². The molecule has 0 aliphatic rings. The SMILES string of the molecule is CC.CC.SI.c1cc(-c2cccc(-c3ccc4ccc5cccnc5c4n3)c2)cc(-c2cccc(-c3ccc4ccc5cccnc5c4n3)c2)c1. The van der Waals surface area contributed by atoms with E-state index in [-0.39, 0.29) is 0 Å². The van der Waals surface area contributed by atoms with Crippen LogP contribution in [-0.4, -0.2) is 19.9 Å².